The van der Waals surface area contributed by atoms with Crippen LogP contribution >= 0.6 is 11.8 Å². The van der Waals surface area contributed by atoms with E-state index >= 15 is 0 Å². The highest BCUT2D eigenvalue weighted by Crippen LogP contribution is 2.30. The lowest BCUT2D eigenvalue weighted by molar-refractivity contribution is -0.147. The molecule has 5 heteroatoms. The molecule has 0 aliphatic carbocycles. The molecule has 0 aromatic heterocycles. The van der Waals surface area contributed by atoms with E-state index in [0.717, 1.165) is 5.75 Å². The van der Waals surface area contributed by atoms with Gasteiger partial charge in [-0.15, -0.1) is 0 Å². The van der Waals surface area contributed by atoms with Crippen LogP contribution in [0.15, 0.2) is 30.3 Å². The SMILES string of the molecule is CC(=O)N1C[C@@H](SCc2ccccc2)C[C@H]1C(=O)O. The second kappa shape index (κ2) is 6.10. The van der Waals surface area contributed by atoms with Crippen molar-refractivity contribution < 1.29 is 14.7 Å². The summed E-state index contributed by atoms with van der Waals surface area (Å²) in [7, 11) is 0. The van der Waals surface area contributed by atoms with Gasteiger partial charge >= 0.3 is 5.97 Å². The first-order chi connectivity index (χ1) is 9.08. The topological polar surface area (TPSA) is 57.6 Å². The Labute approximate surface area is 116 Å². The number of amides is 1. The van der Waals surface area contributed by atoms with E-state index in [9.17, 15) is 9.59 Å². The van der Waals surface area contributed by atoms with Gasteiger partial charge in [0.05, 0.1) is 0 Å². The van der Waals surface area contributed by atoms with E-state index in [0.29, 0.717) is 13.0 Å². The van der Waals surface area contributed by atoms with E-state index in [-0.39, 0.29) is 11.2 Å². The van der Waals surface area contributed by atoms with Crippen LogP contribution in [0.25, 0.3) is 0 Å². The maximum Gasteiger partial charge on any atom is 0.326 e. The van der Waals surface area contributed by atoms with E-state index in [1.54, 1.807) is 11.8 Å². The molecule has 1 aliphatic rings. The standard InChI is InChI=1S/C14H17NO3S/c1-10(16)15-8-12(7-13(15)14(17)18)19-9-11-5-3-2-4-6-11/h2-6,12-13H,7-9H2,1H3,(H,17,18)/t12-,13-/m0/s1. The minimum absolute atomic E-state index is 0.157. The van der Waals surface area contributed by atoms with Crippen molar-refractivity contribution in [1.82, 2.24) is 4.90 Å². The summed E-state index contributed by atoms with van der Waals surface area (Å²) in [6.45, 7) is 1.96. The number of carboxylic acid groups (broad SMARTS) is 1. The fourth-order valence-corrected chi connectivity index (χ4v) is 3.49. The van der Waals surface area contributed by atoms with Gasteiger partial charge in [-0.3, -0.25) is 4.79 Å². The number of rotatable bonds is 4. The zero-order valence-electron chi connectivity index (χ0n) is 10.8. The Hall–Kier alpha value is -1.49. The lowest BCUT2D eigenvalue weighted by atomic mass is 10.2. The average Bonchev–Trinajstić information content (AvgIpc) is 2.82. The molecule has 0 bridgehead atoms. The van der Waals surface area contributed by atoms with Crippen molar-refractivity contribution in [2.75, 3.05) is 6.54 Å². The molecule has 1 fully saturated rings. The van der Waals surface area contributed by atoms with Crippen LogP contribution in [-0.2, 0) is 15.3 Å². The summed E-state index contributed by atoms with van der Waals surface area (Å²) in [5, 5.41) is 9.33. The first kappa shape index (κ1) is 13.9. The lowest BCUT2D eigenvalue weighted by Gasteiger charge is -2.18. The first-order valence-corrected chi connectivity index (χ1v) is 7.28. The molecule has 0 saturated carbocycles. The summed E-state index contributed by atoms with van der Waals surface area (Å²) in [5.74, 6) is -0.211. The monoisotopic (exact) mass is 279 g/mol. The summed E-state index contributed by atoms with van der Waals surface area (Å²) in [6, 6.07) is 9.41. The molecular weight excluding hydrogens is 262 g/mol. The number of carbonyl (C=O) groups excluding carboxylic acids is 1. The van der Waals surface area contributed by atoms with Crippen molar-refractivity contribution in [3.05, 3.63) is 35.9 Å². The van der Waals surface area contributed by atoms with Crippen LogP contribution in [-0.4, -0.2) is 39.7 Å². The third-order valence-electron chi connectivity index (χ3n) is 3.28. The number of aliphatic carboxylic acids is 1. The highest BCUT2D eigenvalue weighted by molar-refractivity contribution is 7.99. The van der Waals surface area contributed by atoms with Crippen molar-refractivity contribution in [1.29, 1.82) is 0 Å². The van der Waals surface area contributed by atoms with Gasteiger partial charge in [-0.25, -0.2) is 4.79 Å². The minimum Gasteiger partial charge on any atom is -0.480 e. The van der Waals surface area contributed by atoms with E-state index in [1.807, 2.05) is 18.2 Å². The average molecular weight is 279 g/mol. The van der Waals surface area contributed by atoms with Crippen LogP contribution < -0.4 is 0 Å². The molecular formula is C14H17NO3S. The molecule has 1 N–H and O–H groups in total. The van der Waals surface area contributed by atoms with Gasteiger partial charge in [0.15, 0.2) is 0 Å². The van der Waals surface area contributed by atoms with Gasteiger partial charge < -0.3 is 10.0 Å². The van der Waals surface area contributed by atoms with Crippen molar-refractivity contribution in [2.45, 2.75) is 30.4 Å². The predicted octanol–water partition coefficient (Wildman–Crippen LogP) is 1.99. The molecule has 1 heterocycles. The summed E-state index contributed by atoms with van der Waals surface area (Å²) in [5.41, 5.74) is 1.22. The zero-order valence-corrected chi connectivity index (χ0v) is 11.6. The van der Waals surface area contributed by atoms with Crippen molar-refractivity contribution in [3.63, 3.8) is 0 Å². The molecule has 102 valence electrons. The fourth-order valence-electron chi connectivity index (χ4n) is 2.29. The van der Waals surface area contributed by atoms with Gasteiger partial charge in [-0.1, -0.05) is 30.3 Å². The van der Waals surface area contributed by atoms with Gasteiger partial charge in [0, 0.05) is 24.5 Å². The van der Waals surface area contributed by atoms with E-state index in [1.165, 1.54) is 17.4 Å². The molecule has 1 aromatic carbocycles. The molecule has 0 unspecified atom stereocenters. The molecule has 1 amide bonds. The Bertz CT molecular complexity index is 441. The number of hydrogen-bond acceptors (Lipinski definition) is 3. The van der Waals surface area contributed by atoms with Gasteiger partial charge in [0.25, 0.3) is 0 Å². The second-order valence-corrected chi connectivity index (χ2v) is 5.97. The number of thioether (sulfide) groups is 1. The quantitative estimate of drug-likeness (QED) is 0.915. The Morgan fingerprint density at radius 1 is 1.37 bits per heavy atom. The van der Waals surface area contributed by atoms with Crippen molar-refractivity contribution in [2.24, 2.45) is 0 Å². The molecule has 0 radical (unpaired) electrons. The van der Waals surface area contributed by atoms with Gasteiger partial charge in [-0.2, -0.15) is 11.8 Å². The van der Waals surface area contributed by atoms with Crippen LogP contribution in [0.3, 0.4) is 0 Å². The summed E-state index contributed by atoms with van der Waals surface area (Å²) < 4.78 is 0. The number of hydrogen-bond donors (Lipinski definition) is 1. The smallest absolute Gasteiger partial charge is 0.326 e. The number of carboxylic acids is 1. The molecule has 0 spiro atoms. The highest BCUT2D eigenvalue weighted by atomic mass is 32.2. The molecule has 2 atom stereocenters. The maximum absolute atomic E-state index is 11.4. The van der Waals surface area contributed by atoms with Gasteiger partial charge in [0.1, 0.15) is 6.04 Å². The molecule has 4 nitrogen and oxygen atoms in total. The third-order valence-corrected chi connectivity index (χ3v) is 4.59. The van der Waals surface area contributed by atoms with E-state index in [2.05, 4.69) is 12.1 Å². The van der Waals surface area contributed by atoms with Gasteiger partial charge in [0.2, 0.25) is 5.91 Å². The largest absolute Gasteiger partial charge is 0.480 e. The molecule has 19 heavy (non-hydrogen) atoms. The number of carbonyl (C=O) groups is 2. The molecule has 2 rings (SSSR count). The molecule has 1 aliphatic heterocycles. The van der Waals surface area contributed by atoms with Crippen molar-refractivity contribution >= 4 is 23.6 Å². The summed E-state index contributed by atoms with van der Waals surface area (Å²) >= 11 is 1.72. The molecule has 1 saturated heterocycles. The second-order valence-electron chi connectivity index (χ2n) is 4.68. The first-order valence-electron chi connectivity index (χ1n) is 6.23. The van der Waals surface area contributed by atoms with Crippen LogP contribution in [0.2, 0.25) is 0 Å². The minimum atomic E-state index is -0.905. The Morgan fingerprint density at radius 2 is 2.05 bits per heavy atom. The highest BCUT2D eigenvalue weighted by Gasteiger charge is 2.38. The molecule has 1 aromatic rings. The van der Waals surface area contributed by atoms with Crippen LogP contribution in [0.5, 0.6) is 0 Å². The zero-order chi connectivity index (χ0) is 13.8. The summed E-state index contributed by atoms with van der Waals surface area (Å²) in [6.07, 6.45) is 0.534. The van der Waals surface area contributed by atoms with Crippen LogP contribution in [0.1, 0.15) is 18.9 Å². The predicted molar refractivity (Wildman–Crippen MR) is 75.0 cm³/mol. The van der Waals surface area contributed by atoms with Crippen LogP contribution in [0, 0.1) is 0 Å². The Balaban J connectivity index is 1.93. The number of benzene rings is 1. The lowest BCUT2D eigenvalue weighted by Crippen LogP contribution is -2.39. The van der Waals surface area contributed by atoms with E-state index < -0.39 is 12.0 Å². The van der Waals surface area contributed by atoms with E-state index in [4.69, 9.17) is 5.11 Å². The Morgan fingerprint density at radius 3 is 2.58 bits per heavy atom. The maximum atomic E-state index is 11.4. The Kier molecular flexibility index (Phi) is 4.47. The number of nitrogens with zero attached hydrogens (tertiary/aromatic N) is 1. The van der Waals surface area contributed by atoms with Crippen molar-refractivity contribution in [3.8, 4) is 0 Å². The third kappa shape index (κ3) is 3.50. The normalized spacial score (nSPS) is 22.5. The fraction of sp³-hybridized carbons (Fsp3) is 0.429. The van der Waals surface area contributed by atoms with Gasteiger partial charge in [-0.05, 0) is 12.0 Å². The number of likely N-dealkylation sites (tertiary alicyclic amines) is 1. The van der Waals surface area contributed by atoms with Crippen LogP contribution in [0.4, 0.5) is 0 Å². The summed E-state index contributed by atoms with van der Waals surface area (Å²) in [4.78, 5) is 24.0.